The molecule has 0 saturated heterocycles. The lowest BCUT2D eigenvalue weighted by Crippen LogP contribution is -2.35. The van der Waals surface area contributed by atoms with E-state index in [1.54, 1.807) is 12.3 Å². The van der Waals surface area contributed by atoms with Crippen LogP contribution in [-0.4, -0.2) is 54.0 Å². The average Bonchev–Trinajstić information content (AvgIpc) is 2.80. The molecule has 0 radical (unpaired) electrons. The van der Waals surface area contributed by atoms with Gasteiger partial charge in [-0.25, -0.2) is 9.97 Å². The van der Waals surface area contributed by atoms with Crippen LogP contribution in [-0.2, 0) is 0 Å². The van der Waals surface area contributed by atoms with Crippen molar-refractivity contribution in [2.45, 2.75) is 51.0 Å². The largest absolute Gasteiger partial charge is 0.354 e. The van der Waals surface area contributed by atoms with Gasteiger partial charge in [0.15, 0.2) is 0 Å². The molecule has 1 aliphatic rings. The molecule has 1 aromatic heterocycles. The predicted octanol–water partition coefficient (Wildman–Crippen LogP) is 2.29. The molecule has 1 heterocycles. The first-order chi connectivity index (χ1) is 11.1. The van der Waals surface area contributed by atoms with Gasteiger partial charge in [-0.15, -0.1) is 0 Å². The van der Waals surface area contributed by atoms with Crippen LogP contribution >= 0.6 is 0 Å². The van der Waals surface area contributed by atoms with Crippen molar-refractivity contribution in [3.63, 3.8) is 0 Å². The summed E-state index contributed by atoms with van der Waals surface area (Å²) in [6.07, 6.45) is 9.76. The molecule has 1 saturated carbocycles. The average molecular weight is 319 g/mol. The molecule has 0 spiro atoms. The molecule has 1 aromatic rings. The fourth-order valence-corrected chi connectivity index (χ4v) is 2.85. The Balaban J connectivity index is 1.84. The highest BCUT2D eigenvalue weighted by Gasteiger charge is 2.16. The van der Waals surface area contributed by atoms with E-state index < -0.39 is 0 Å². The quantitative estimate of drug-likeness (QED) is 0.596. The van der Waals surface area contributed by atoms with Crippen LogP contribution in [0.2, 0.25) is 0 Å². The molecule has 2 rings (SSSR count). The van der Waals surface area contributed by atoms with Gasteiger partial charge in [-0.05, 0) is 46.0 Å². The maximum Gasteiger partial charge on any atom is 0.270 e. The van der Waals surface area contributed by atoms with Crippen molar-refractivity contribution in [2.24, 2.45) is 0 Å². The first kappa shape index (κ1) is 17.7. The molecule has 128 valence electrons. The van der Waals surface area contributed by atoms with Crippen LogP contribution in [0, 0.1) is 0 Å². The van der Waals surface area contributed by atoms with Gasteiger partial charge in [-0.3, -0.25) is 4.79 Å². The van der Waals surface area contributed by atoms with Gasteiger partial charge < -0.3 is 15.5 Å². The first-order valence-corrected chi connectivity index (χ1v) is 8.67. The summed E-state index contributed by atoms with van der Waals surface area (Å²) in [5, 5.41) is 6.30. The molecule has 6 heteroatoms. The fraction of sp³-hybridized carbons (Fsp3) is 0.706. The van der Waals surface area contributed by atoms with E-state index in [2.05, 4.69) is 39.6 Å². The number of carbonyl (C=O) groups excluding carboxylic acids is 1. The maximum atomic E-state index is 12.4. The van der Waals surface area contributed by atoms with Crippen molar-refractivity contribution in [3.8, 4) is 0 Å². The minimum absolute atomic E-state index is 0.0874. The summed E-state index contributed by atoms with van der Waals surface area (Å²) in [4.78, 5) is 23.0. The number of nitrogens with zero attached hydrogens (tertiary/aromatic N) is 3. The molecular formula is C17H29N5O. The third-order valence-electron chi connectivity index (χ3n) is 4.14. The molecule has 1 fully saturated rings. The second-order valence-corrected chi connectivity index (χ2v) is 6.51. The van der Waals surface area contributed by atoms with E-state index in [4.69, 9.17) is 0 Å². The maximum absolute atomic E-state index is 12.4. The van der Waals surface area contributed by atoms with Crippen molar-refractivity contribution < 1.29 is 4.79 Å². The molecule has 0 bridgehead atoms. The van der Waals surface area contributed by atoms with E-state index in [1.165, 1.54) is 25.7 Å². The number of anilines is 1. The number of hydrogen-bond donors (Lipinski definition) is 2. The van der Waals surface area contributed by atoms with E-state index in [0.717, 1.165) is 32.4 Å². The Morgan fingerprint density at radius 3 is 2.70 bits per heavy atom. The summed E-state index contributed by atoms with van der Waals surface area (Å²) in [5.74, 6) is 0.438. The molecule has 1 aliphatic carbocycles. The number of aromatic nitrogens is 2. The Bertz CT molecular complexity index is 484. The Kier molecular flexibility index (Phi) is 7.26. The monoisotopic (exact) mass is 319 g/mol. The van der Waals surface area contributed by atoms with Crippen molar-refractivity contribution in [1.29, 1.82) is 0 Å². The van der Waals surface area contributed by atoms with Gasteiger partial charge in [-0.2, -0.15) is 0 Å². The van der Waals surface area contributed by atoms with Gasteiger partial charge >= 0.3 is 0 Å². The highest BCUT2D eigenvalue weighted by Crippen LogP contribution is 2.17. The van der Waals surface area contributed by atoms with Crippen LogP contribution in [0.1, 0.15) is 55.4 Å². The molecular weight excluding hydrogens is 290 g/mol. The van der Waals surface area contributed by atoms with Crippen molar-refractivity contribution in [1.82, 2.24) is 20.2 Å². The zero-order valence-electron chi connectivity index (χ0n) is 14.3. The van der Waals surface area contributed by atoms with Crippen LogP contribution in [0.25, 0.3) is 0 Å². The minimum atomic E-state index is -0.0874. The summed E-state index contributed by atoms with van der Waals surface area (Å²) >= 11 is 0. The van der Waals surface area contributed by atoms with Crippen molar-refractivity contribution >= 4 is 11.9 Å². The van der Waals surface area contributed by atoms with Gasteiger partial charge in [0, 0.05) is 18.8 Å². The SMILES string of the molecule is CN(C)CCCNc1nccc(C(=O)NC2CCCCCC2)n1. The van der Waals surface area contributed by atoms with Gasteiger partial charge in [0.1, 0.15) is 5.69 Å². The van der Waals surface area contributed by atoms with Crippen LogP contribution in [0.15, 0.2) is 12.3 Å². The molecule has 0 unspecified atom stereocenters. The lowest BCUT2D eigenvalue weighted by Gasteiger charge is -2.16. The van der Waals surface area contributed by atoms with Gasteiger partial charge in [0.25, 0.3) is 5.91 Å². The van der Waals surface area contributed by atoms with E-state index in [-0.39, 0.29) is 11.9 Å². The van der Waals surface area contributed by atoms with Gasteiger partial charge in [-0.1, -0.05) is 25.7 Å². The molecule has 0 atom stereocenters. The van der Waals surface area contributed by atoms with Gasteiger partial charge in [0.2, 0.25) is 5.95 Å². The van der Waals surface area contributed by atoms with Crippen LogP contribution in [0.3, 0.4) is 0 Å². The number of hydrogen-bond acceptors (Lipinski definition) is 5. The summed E-state index contributed by atoms with van der Waals surface area (Å²) in [5.41, 5.74) is 0.444. The normalized spacial score (nSPS) is 16.1. The van der Waals surface area contributed by atoms with E-state index in [1.807, 2.05) is 0 Å². The number of nitrogens with one attached hydrogen (secondary N) is 2. The zero-order chi connectivity index (χ0) is 16.5. The molecule has 2 N–H and O–H groups in total. The molecule has 1 amide bonds. The second-order valence-electron chi connectivity index (χ2n) is 6.51. The van der Waals surface area contributed by atoms with E-state index in [0.29, 0.717) is 11.6 Å². The Morgan fingerprint density at radius 1 is 1.26 bits per heavy atom. The van der Waals surface area contributed by atoms with E-state index >= 15 is 0 Å². The number of carbonyl (C=O) groups is 1. The predicted molar refractivity (Wildman–Crippen MR) is 92.6 cm³/mol. The third kappa shape index (κ3) is 6.52. The van der Waals surface area contributed by atoms with Crippen LogP contribution < -0.4 is 10.6 Å². The van der Waals surface area contributed by atoms with Crippen LogP contribution in [0.4, 0.5) is 5.95 Å². The highest BCUT2D eigenvalue weighted by atomic mass is 16.1. The lowest BCUT2D eigenvalue weighted by atomic mass is 10.1. The summed E-state index contributed by atoms with van der Waals surface area (Å²) < 4.78 is 0. The highest BCUT2D eigenvalue weighted by molar-refractivity contribution is 5.92. The third-order valence-corrected chi connectivity index (χ3v) is 4.14. The standard InChI is InChI=1S/C17H29N5O/c1-22(2)13-7-11-18-17-19-12-10-15(21-17)16(23)20-14-8-5-3-4-6-9-14/h10,12,14H,3-9,11,13H2,1-2H3,(H,20,23)(H,18,19,21). The van der Waals surface area contributed by atoms with Crippen molar-refractivity contribution in [2.75, 3.05) is 32.5 Å². The summed E-state index contributed by atoms with van der Waals surface area (Å²) in [6, 6.07) is 1.97. The molecule has 23 heavy (non-hydrogen) atoms. The fourth-order valence-electron chi connectivity index (χ4n) is 2.85. The summed E-state index contributed by atoms with van der Waals surface area (Å²) in [7, 11) is 4.10. The Morgan fingerprint density at radius 2 is 2.00 bits per heavy atom. The van der Waals surface area contributed by atoms with Gasteiger partial charge in [0.05, 0.1) is 0 Å². The Labute approximate surface area is 139 Å². The molecule has 0 aromatic carbocycles. The molecule has 0 aliphatic heterocycles. The first-order valence-electron chi connectivity index (χ1n) is 8.67. The van der Waals surface area contributed by atoms with Crippen LogP contribution in [0.5, 0.6) is 0 Å². The smallest absolute Gasteiger partial charge is 0.270 e. The summed E-state index contributed by atoms with van der Waals surface area (Å²) in [6.45, 7) is 1.81. The minimum Gasteiger partial charge on any atom is -0.354 e. The topological polar surface area (TPSA) is 70.2 Å². The zero-order valence-corrected chi connectivity index (χ0v) is 14.3. The Hall–Kier alpha value is -1.69. The number of rotatable bonds is 7. The number of amides is 1. The molecule has 6 nitrogen and oxygen atoms in total. The van der Waals surface area contributed by atoms with Crippen molar-refractivity contribution in [3.05, 3.63) is 18.0 Å². The lowest BCUT2D eigenvalue weighted by molar-refractivity contribution is 0.0928. The van der Waals surface area contributed by atoms with E-state index in [9.17, 15) is 4.79 Å². The second kappa shape index (κ2) is 9.45.